The number of sulfonamides is 1. The van der Waals surface area contributed by atoms with Crippen molar-refractivity contribution in [1.82, 2.24) is 0 Å². The van der Waals surface area contributed by atoms with Crippen molar-refractivity contribution in [3.8, 4) is 5.75 Å². The molecule has 2 N–H and O–H groups in total. The molecule has 3 aromatic carbocycles. The van der Waals surface area contributed by atoms with E-state index in [1.54, 1.807) is 18.2 Å². The predicted molar refractivity (Wildman–Crippen MR) is 109 cm³/mol. The van der Waals surface area contributed by atoms with Gasteiger partial charge < -0.3 is 10.1 Å². The van der Waals surface area contributed by atoms with Gasteiger partial charge >= 0.3 is 0 Å². The summed E-state index contributed by atoms with van der Waals surface area (Å²) in [5.74, 6) is -0.477. The average Bonchev–Trinajstić information content (AvgIpc) is 2.68. The van der Waals surface area contributed by atoms with Gasteiger partial charge in [-0.25, -0.2) is 12.8 Å². The summed E-state index contributed by atoms with van der Waals surface area (Å²) in [5.41, 5.74) is 1.86. The molecule has 6 nitrogen and oxygen atoms in total. The molecule has 0 aliphatic rings. The number of carbonyl (C=O) groups is 1. The van der Waals surface area contributed by atoms with Crippen molar-refractivity contribution in [1.29, 1.82) is 0 Å². The Kier molecular flexibility index (Phi) is 6.13. The number of halogens is 1. The number of benzene rings is 3. The maximum atomic E-state index is 12.9. The van der Waals surface area contributed by atoms with Crippen molar-refractivity contribution in [3.05, 3.63) is 84.2 Å². The smallest absolute Gasteiger partial charge is 0.262 e. The first-order valence-corrected chi connectivity index (χ1v) is 10.2. The van der Waals surface area contributed by atoms with Crippen LogP contribution in [0.3, 0.4) is 0 Å². The average molecular weight is 414 g/mol. The van der Waals surface area contributed by atoms with Gasteiger partial charge in [-0.05, 0) is 73.2 Å². The Morgan fingerprint density at radius 2 is 1.66 bits per heavy atom. The second-order valence-corrected chi connectivity index (χ2v) is 7.97. The molecule has 8 heteroatoms. The van der Waals surface area contributed by atoms with Gasteiger partial charge in [-0.3, -0.25) is 9.52 Å². The van der Waals surface area contributed by atoms with Crippen molar-refractivity contribution in [2.24, 2.45) is 0 Å². The van der Waals surface area contributed by atoms with Crippen LogP contribution in [-0.4, -0.2) is 20.9 Å². The molecule has 1 amide bonds. The highest BCUT2D eigenvalue weighted by atomic mass is 32.2. The number of hydrogen-bond acceptors (Lipinski definition) is 4. The van der Waals surface area contributed by atoms with Gasteiger partial charge in [-0.1, -0.05) is 12.1 Å². The third kappa shape index (κ3) is 5.79. The molecule has 0 saturated carbocycles. The number of anilines is 2. The highest BCUT2D eigenvalue weighted by molar-refractivity contribution is 7.92. The summed E-state index contributed by atoms with van der Waals surface area (Å²) in [5, 5.41) is 2.57. The molecule has 3 aromatic rings. The molecule has 3 rings (SSSR count). The Morgan fingerprint density at radius 1 is 0.966 bits per heavy atom. The van der Waals surface area contributed by atoms with Gasteiger partial charge in [0.2, 0.25) is 0 Å². The summed E-state index contributed by atoms with van der Waals surface area (Å²) in [4.78, 5) is 12.0. The third-order valence-electron chi connectivity index (χ3n) is 3.90. The van der Waals surface area contributed by atoms with E-state index in [4.69, 9.17) is 4.74 Å². The molecule has 0 spiro atoms. The molecule has 0 aliphatic carbocycles. The number of rotatable bonds is 7. The molecule has 0 unspecified atom stereocenters. The van der Waals surface area contributed by atoms with E-state index in [1.807, 2.05) is 13.0 Å². The second kappa shape index (κ2) is 8.74. The summed E-state index contributed by atoms with van der Waals surface area (Å²) in [6.45, 7) is 1.60. The normalized spacial score (nSPS) is 11.0. The van der Waals surface area contributed by atoms with Crippen LogP contribution < -0.4 is 14.8 Å². The van der Waals surface area contributed by atoms with E-state index in [-0.39, 0.29) is 11.5 Å². The molecule has 0 fully saturated rings. The van der Waals surface area contributed by atoms with E-state index in [2.05, 4.69) is 10.0 Å². The fourth-order valence-corrected chi connectivity index (χ4v) is 3.57. The van der Waals surface area contributed by atoms with Crippen LogP contribution in [0.2, 0.25) is 0 Å². The van der Waals surface area contributed by atoms with E-state index < -0.39 is 21.7 Å². The molecule has 29 heavy (non-hydrogen) atoms. The van der Waals surface area contributed by atoms with Gasteiger partial charge in [-0.15, -0.1) is 0 Å². The number of hydrogen-bond donors (Lipinski definition) is 2. The van der Waals surface area contributed by atoms with Gasteiger partial charge in [-0.2, -0.15) is 0 Å². The van der Waals surface area contributed by atoms with Crippen molar-refractivity contribution in [2.75, 3.05) is 16.6 Å². The van der Waals surface area contributed by atoms with Crippen molar-refractivity contribution >= 4 is 27.3 Å². The molecule has 0 aromatic heterocycles. The zero-order valence-corrected chi connectivity index (χ0v) is 16.4. The van der Waals surface area contributed by atoms with Gasteiger partial charge in [0.05, 0.1) is 4.90 Å². The van der Waals surface area contributed by atoms with E-state index in [0.29, 0.717) is 17.1 Å². The topological polar surface area (TPSA) is 84.5 Å². The third-order valence-corrected chi connectivity index (χ3v) is 5.30. The van der Waals surface area contributed by atoms with E-state index in [0.717, 1.165) is 5.56 Å². The van der Waals surface area contributed by atoms with Crippen LogP contribution in [0.1, 0.15) is 5.56 Å². The number of aryl methyl sites for hydroxylation is 1. The van der Waals surface area contributed by atoms with Crippen molar-refractivity contribution in [2.45, 2.75) is 11.8 Å². The lowest BCUT2D eigenvalue weighted by atomic mass is 10.2. The van der Waals surface area contributed by atoms with Crippen LogP contribution in [0, 0.1) is 12.7 Å². The van der Waals surface area contributed by atoms with Crippen LogP contribution >= 0.6 is 0 Å². The van der Waals surface area contributed by atoms with Gasteiger partial charge in [0.15, 0.2) is 6.61 Å². The second-order valence-electron chi connectivity index (χ2n) is 6.29. The zero-order chi connectivity index (χ0) is 20.9. The first kappa shape index (κ1) is 20.3. The van der Waals surface area contributed by atoms with E-state index >= 15 is 0 Å². The Labute approximate surface area is 168 Å². The Balaban J connectivity index is 1.58. The van der Waals surface area contributed by atoms with Gasteiger partial charge in [0, 0.05) is 11.4 Å². The van der Waals surface area contributed by atoms with Gasteiger partial charge in [0.1, 0.15) is 11.6 Å². The minimum atomic E-state index is -3.74. The number of amides is 1. The first-order chi connectivity index (χ1) is 13.8. The van der Waals surface area contributed by atoms with Crippen LogP contribution in [-0.2, 0) is 14.8 Å². The lowest BCUT2D eigenvalue weighted by Gasteiger charge is -2.10. The Bertz CT molecular complexity index is 1100. The summed E-state index contributed by atoms with van der Waals surface area (Å²) in [6, 6.07) is 18.1. The highest BCUT2D eigenvalue weighted by Crippen LogP contribution is 2.20. The summed E-state index contributed by atoms with van der Waals surface area (Å²) in [7, 11) is -3.74. The van der Waals surface area contributed by atoms with Crippen LogP contribution in [0.15, 0.2) is 77.7 Å². The maximum Gasteiger partial charge on any atom is 0.262 e. The predicted octanol–water partition coefficient (Wildman–Crippen LogP) is 3.95. The van der Waals surface area contributed by atoms with Crippen LogP contribution in [0.5, 0.6) is 5.75 Å². The quantitative estimate of drug-likeness (QED) is 0.613. The summed E-state index contributed by atoms with van der Waals surface area (Å²) >= 11 is 0. The lowest BCUT2D eigenvalue weighted by Crippen LogP contribution is -2.20. The molecule has 0 heterocycles. The number of carbonyl (C=O) groups excluding carboxylic acids is 1. The molecule has 150 valence electrons. The highest BCUT2D eigenvalue weighted by Gasteiger charge is 2.14. The zero-order valence-electron chi connectivity index (χ0n) is 15.6. The van der Waals surface area contributed by atoms with Crippen LogP contribution in [0.4, 0.5) is 15.8 Å². The minimum absolute atomic E-state index is 0.0714. The molecular formula is C21H19FN2O4S. The maximum absolute atomic E-state index is 12.9. The fourth-order valence-electron chi connectivity index (χ4n) is 2.52. The Morgan fingerprint density at radius 3 is 2.31 bits per heavy atom. The standard InChI is InChI=1S/C21H19FN2O4S/c1-15-3-2-4-18(13-15)24-29(26,27)20-11-9-19(10-12-20)28-14-21(25)23-17-7-5-16(22)6-8-17/h2-13,24H,14H2,1H3,(H,23,25). The van der Waals surface area contributed by atoms with Crippen LogP contribution in [0.25, 0.3) is 0 Å². The number of ether oxygens (including phenoxy) is 1. The molecule has 0 saturated heterocycles. The summed E-state index contributed by atoms with van der Waals surface area (Å²) in [6.07, 6.45) is 0. The van der Waals surface area contributed by atoms with Crippen molar-refractivity contribution in [3.63, 3.8) is 0 Å². The van der Waals surface area contributed by atoms with E-state index in [9.17, 15) is 17.6 Å². The lowest BCUT2D eigenvalue weighted by molar-refractivity contribution is -0.118. The van der Waals surface area contributed by atoms with Gasteiger partial charge in [0.25, 0.3) is 15.9 Å². The van der Waals surface area contributed by atoms with Crippen molar-refractivity contribution < 1.29 is 22.3 Å². The molecule has 0 radical (unpaired) electrons. The number of nitrogens with one attached hydrogen (secondary N) is 2. The monoisotopic (exact) mass is 414 g/mol. The fraction of sp³-hybridized carbons (Fsp3) is 0.0952. The molecule has 0 aliphatic heterocycles. The SMILES string of the molecule is Cc1cccc(NS(=O)(=O)c2ccc(OCC(=O)Nc3ccc(F)cc3)cc2)c1. The largest absolute Gasteiger partial charge is 0.484 e. The summed E-state index contributed by atoms with van der Waals surface area (Å²) < 4.78 is 45.7. The minimum Gasteiger partial charge on any atom is -0.484 e. The Hall–Kier alpha value is -3.39. The first-order valence-electron chi connectivity index (χ1n) is 8.70. The molecule has 0 atom stereocenters. The molecular weight excluding hydrogens is 395 g/mol. The van der Waals surface area contributed by atoms with E-state index in [1.165, 1.54) is 48.5 Å². The molecule has 0 bridgehead atoms.